The van der Waals surface area contributed by atoms with Gasteiger partial charge >= 0.3 is 0 Å². The molecule has 0 aliphatic heterocycles. The van der Waals surface area contributed by atoms with Gasteiger partial charge in [0, 0.05) is 18.1 Å². The number of rotatable bonds is 4. The summed E-state index contributed by atoms with van der Waals surface area (Å²) < 4.78 is 0. The van der Waals surface area contributed by atoms with Gasteiger partial charge in [0.2, 0.25) is 0 Å². The van der Waals surface area contributed by atoms with E-state index in [-0.39, 0.29) is 0 Å². The fourth-order valence-electron chi connectivity index (χ4n) is 3.52. The van der Waals surface area contributed by atoms with Crippen molar-refractivity contribution < 1.29 is 0 Å². The first-order chi connectivity index (χ1) is 7.51. The van der Waals surface area contributed by atoms with Crippen LogP contribution in [0.3, 0.4) is 0 Å². The van der Waals surface area contributed by atoms with Crippen molar-refractivity contribution in [3.8, 4) is 0 Å². The van der Waals surface area contributed by atoms with E-state index in [0.717, 1.165) is 18.4 Å². The monoisotopic (exact) mass is 226 g/mol. The normalized spacial score (nSPS) is 37.7. The molecule has 0 saturated heterocycles. The molecule has 2 N–H and O–H groups in total. The van der Waals surface area contributed by atoms with Gasteiger partial charge in [-0.2, -0.15) is 0 Å². The smallest absolute Gasteiger partial charge is 0.0275 e. The minimum Gasteiger partial charge on any atom is -0.326 e. The minimum absolute atomic E-state index is 0.368. The number of nitrogens with two attached hydrogens (primary N) is 1. The van der Waals surface area contributed by atoms with Crippen molar-refractivity contribution >= 4 is 0 Å². The summed E-state index contributed by atoms with van der Waals surface area (Å²) in [6.45, 7) is 12.7. The van der Waals surface area contributed by atoms with Gasteiger partial charge in [-0.15, -0.1) is 0 Å². The molecule has 96 valence electrons. The van der Waals surface area contributed by atoms with Crippen molar-refractivity contribution in [3.63, 3.8) is 0 Å². The molecule has 0 spiro atoms. The van der Waals surface area contributed by atoms with Gasteiger partial charge in [0.1, 0.15) is 0 Å². The summed E-state index contributed by atoms with van der Waals surface area (Å²) in [7, 11) is 0. The Balaban J connectivity index is 2.74. The molecule has 16 heavy (non-hydrogen) atoms. The fraction of sp³-hybridized carbons (Fsp3) is 1.00. The largest absolute Gasteiger partial charge is 0.326 e. The van der Waals surface area contributed by atoms with E-state index in [2.05, 4.69) is 39.5 Å². The Morgan fingerprint density at radius 3 is 2.31 bits per heavy atom. The molecule has 1 saturated carbocycles. The predicted octanol–water partition coefficient (Wildman–Crippen LogP) is 2.87. The molecular formula is C14H30N2. The van der Waals surface area contributed by atoms with Crippen LogP contribution in [0.1, 0.15) is 53.9 Å². The van der Waals surface area contributed by atoms with Crippen molar-refractivity contribution in [1.29, 1.82) is 0 Å². The zero-order chi connectivity index (χ0) is 12.3. The van der Waals surface area contributed by atoms with E-state index in [1.807, 2.05) is 0 Å². The van der Waals surface area contributed by atoms with E-state index in [1.54, 1.807) is 0 Å². The molecule has 0 amide bonds. The summed E-state index contributed by atoms with van der Waals surface area (Å²) >= 11 is 0. The molecule has 1 fully saturated rings. The third-order valence-electron chi connectivity index (χ3n) is 4.38. The van der Waals surface area contributed by atoms with Crippen LogP contribution in [-0.2, 0) is 0 Å². The molecule has 1 rings (SSSR count). The number of hydrogen-bond acceptors (Lipinski definition) is 2. The number of hydrogen-bond donors (Lipinski definition) is 1. The van der Waals surface area contributed by atoms with Crippen molar-refractivity contribution in [2.24, 2.45) is 17.6 Å². The van der Waals surface area contributed by atoms with E-state index in [0.29, 0.717) is 18.1 Å². The first kappa shape index (κ1) is 14.0. The van der Waals surface area contributed by atoms with Crippen LogP contribution in [0.4, 0.5) is 0 Å². The van der Waals surface area contributed by atoms with E-state index in [4.69, 9.17) is 5.73 Å². The van der Waals surface area contributed by atoms with Crippen LogP contribution < -0.4 is 5.73 Å². The Hall–Kier alpha value is -0.0800. The van der Waals surface area contributed by atoms with Crippen LogP contribution in [0.15, 0.2) is 0 Å². The average molecular weight is 226 g/mol. The van der Waals surface area contributed by atoms with Gasteiger partial charge < -0.3 is 5.73 Å². The van der Waals surface area contributed by atoms with E-state index in [1.165, 1.54) is 19.3 Å². The molecule has 5 unspecified atom stereocenters. The second-order valence-electron chi connectivity index (χ2n) is 5.80. The number of likely N-dealkylation sites (N-methyl/N-ethyl adjacent to an activating group) is 1. The molecular weight excluding hydrogens is 196 g/mol. The zero-order valence-corrected chi connectivity index (χ0v) is 11.7. The summed E-state index contributed by atoms with van der Waals surface area (Å²) in [5.74, 6) is 1.55. The maximum Gasteiger partial charge on any atom is 0.0275 e. The third kappa shape index (κ3) is 2.98. The number of nitrogens with zero attached hydrogens (tertiary/aromatic N) is 1. The van der Waals surface area contributed by atoms with Gasteiger partial charge in [0.05, 0.1) is 0 Å². The molecule has 2 nitrogen and oxygen atoms in total. The van der Waals surface area contributed by atoms with Gasteiger partial charge in [-0.1, -0.05) is 27.7 Å². The quantitative estimate of drug-likeness (QED) is 0.798. The van der Waals surface area contributed by atoms with Crippen LogP contribution in [0, 0.1) is 11.8 Å². The van der Waals surface area contributed by atoms with E-state index < -0.39 is 0 Å². The lowest BCUT2D eigenvalue weighted by molar-refractivity contribution is 0.0495. The van der Waals surface area contributed by atoms with Crippen LogP contribution in [0.2, 0.25) is 0 Å². The van der Waals surface area contributed by atoms with Crippen LogP contribution in [-0.4, -0.2) is 29.6 Å². The highest BCUT2D eigenvalue weighted by molar-refractivity contribution is 4.93. The molecule has 0 aromatic carbocycles. The highest BCUT2D eigenvalue weighted by Crippen LogP contribution is 2.32. The van der Waals surface area contributed by atoms with Crippen LogP contribution >= 0.6 is 0 Å². The van der Waals surface area contributed by atoms with Crippen LogP contribution in [0.25, 0.3) is 0 Å². The summed E-state index contributed by atoms with van der Waals surface area (Å²) in [6.07, 6.45) is 3.76. The molecule has 5 atom stereocenters. The van der Waals surface area contributed by atoms with E-state index >= 15 is 0 Å². The lowest BCUT2D eigenvalue weighted by Gasteiger charge is -2.46. The first-order valence-corrected chi connectivity index (χ1v) is 7.02. The summed E-state index contributed by atoms with van der Waals surface area (Å²) in [4.78, 5) is 2.63. The second-order valence-corrected chi connectivity index (χ2v) is 5.80. The molecule has 1 aliphatic carbocycles. The van der Waals surface area contributed by atoms with Gasteiger partial charge in [-0.3, -0.25) is 4.90 Å². The van der Waals surface area contributed by atoms with Gasteiger partial charge in [0.15, 0.2) is 0 Å². The van der Waals surface area contributed by atoms with Gasteiger partial charge in [0.25, 0.3) is 0 Å². The summed E-state index contributed by atoms with van der Waals surface area (Å²) in [5, 5.41) is 0. The summed E-state index contributed by atoms with van der Waals surface area (Å²) in [6, 6.07) is 1.63. The maximum atomic E-state index is 6.39. The molecule has 0 bridgehead atoms. The highest BCUT2D eigenvalue weighted by atomic mass is 15.2. The van der Waals surface area contributed by atoms with Gasteiger partial charge in [-0.25, -0.2) is 0 Å². The van der Waals surface area contributed by atoms with E-state index in [9.17, 15) is 0 Å². The Bertz CT molecular complexity index is 193. The molecule has 0 aromatic rings. The van der Waals surface area contributed by atoms with Crippen molar-refractivity contribution in [1.82, 2.24) is 4.90 Å². The Kier molecular flexibility index (Phi) is 5.26. The van der Waals surface area contributed by atoms with Crippen molar-refractivity contribution in [2.75, 3.05) is 6.54 Å². The highest BCUT2D eigenvalue weighted by Gasteiger charge is 2.36. The SMILES string of the molecule is CCC(C)N(CC)C1C(C)CC(C)CC1N. The standard InChI is InChI=1S/C14H30N2/c1-6-12(5)16(7-2)14-11(4)8-10(3)9-13(14)15/h10-14H,6-9,15H2,1-5H3. The molecule has 1 aliphatic rings. The Labute approximate surface area is 102 Å². The molecule has 0 heterocycles. The van der Waals surface area contributed by atoms with Crippen LogP contribution in [0.5, 0.6) is 0 Å². The summed E-state index contributed by atoms with van der Waals surface area (Å²) in [5.41, 5.74) is 6.39. The minimum atomic E-state index is 0.368. The maximum absolute atomic E-state index is 6.39. The fourth-order valence-corrected chi connectivity index (χ4v) is 3.52. The predicted molar refractivity (Wildman–Crippen MR) is 71.5 cm³/mol. The first-order valence-electron chi connectivity index (χ1n) is 7.02. The molecule has 0 radical (unpaired) electrons. The Morgan fingerprint density at radius 1 is 1.25 bits per heavy atom. The third-order valence-corrected chi connectivity index (χ3v) is 4.38. The lowest BCUT2D eigenvalue weighted by Crippen LogP contribution is -2.57. The average Bonchev–Trinajstić information content (AvgIpc) is 2.22. The lowest BCUT2D eigenvalue weighted by atomic mass is 9.76. The Morgan fingerprint density at radius 2 is 1.88 bits per heavy atom. The molecule has 0 aromatic heterocycles. The van der Waals surface area contributed by atoms with Crippen molar-refractivity contribution in [3.05, 3.63) is 0 Å². The van der Waals surface area contributed by atoms with Crippen molar-refractivity contribution in [2.45, 2.75) is 72.0 Å². The zero-order valence-electron chi connectivity index (χ0n) is 11.7. The molecule has 2 heteroatoms. The topological polar surface area (TPSA) is 29.3 Å². The van der Waals surface area contributed by atoms with Gasteiger partial charge in [-0.05, 0) is 44.6 Å². The second kappa shape index (κ2) is 6.02.